The Morgan fingerprint density at radius 1 is 1.27 bits per heavy atom. The average Bonchev–Trinajstić information content (AvgIpc) is 2.95. The van der Waals surface area contributed by atoms with Crippen LogP contribution >= 0.6 is 0 Å². The van der Waals surface area contributed by atoms with Crippen LogP contribution in [0.1, 0.15) is 17.7 Å². The molecule has 116 valence electrons. The van der Waals surface area contributed by atoms with Gasteiger partial charge in [0.1, 0.15) is 5.82 Å². The van der Waals surface area contributed by atoms with Crippen molar-refractivity contribution in [2.75, 3.05) is 37.0 Å². The second-order valence-corrected chi connectivity index (χ2v) is 5.49. The lowest BCUT2D eigenvalue weighted by atomic mass is 10.2. The molecule has 0 atom stereocenters. The summed E-state index contributed by atoms with van der Waals surface area (Å²) in [5.41, 5.74) is 3.61. The Morgan fingerprint density at radius 2 is 2.14 bits per heavy atom. The van der Waals surface area contributed by atoms with Crippen molar-refractivity contribution < 1.29 is 4.74 Å². The highest BCUT2D eigenvalue weighted by Crippen LogP contribution is 2.33. The number of benzene rings is 1. The summed E-state index contributed by atoms with van der Waals surface area (Å²) in [6, 6.07) is 10.6. The monoisotopic (exact) mass is 298 g/mol. The van der Waals surface area contributed by atoms with E-state index < -0.39 is 0 Å². The third-order valence-electron chi connectivity index (χ3n) is 3.81. The molecule has 1 aliphatic rings. The molecule has 0 saturated heterocycles. The second-order valence-electron chi connectivity index (χ2n) is 5.49. The molecular weight excluding hydrogens is 276 g/mol. The van der Waals surface area contributed by atoms with Gasteiger partial charge >= 0.3 is 0 Å². The molecule has 1 aromatic heterocycles. The summed E-state index contributed by atoms with van der Waals surface area (Å²) in [6.07, 6.45) is 2.01. The van der Waals surface area contributed by atoms with Crippen LogP contribution in [0.25, 0.3) is 0 Å². The Balaban J connectivity index is 1.78. The highest BCUT2D eigenvalue weighted by molar-refractivity contribution is 5.68. The van der Waals surface area contributed by atoms with E-state index in [1.165, 1.54) is 11.3 Å². The van der Waals surface area contributed by atoms with Crippen LogP contribution in [0.2, 0.25) is 0 Å². The largest absolute Gasteiger partial charge is 0.385 e. The first-order chi connectivity index (χ1) is 10.8. The summed E-state index contributed by atoms with van der Waals surface area (Å²) < 4.78 is 5.06. The number of hydrogen-bond donors (Lipinski definition) is 1. The lowest BCUT2D eigenvalue weighted by Crippen LogP contribution is -2.17. The fourth-order valence-electron chi connectivity index (χ4n) is 2.76. The molecule has 5 nitrogen and oxygen atoms in total. The summed E-state index contributed by atoms with van der Waals surface area (Å²) in [6.45, 7) is 4.53. The van der Waals surface area contributed by atoms with Crippen LogP contribution in [-0.2, 0) is 11.2 Å². The lowest BCUT2D eigenvalue weighted by molar-refractivity contribution is 0.197. The second kappa shape index (κ2) is 6.75. The number of nitrogens with zero attached hydrogens (tertiary/aromatic N) is 3. The maximum absolute atomic E-state index is 5.06. The first-order valence-corrected chi connectivity index (χ1v) is 7.72. The number of nitrogens with one attached hydrogen (secondary N) is 1. The van der Waals surface area contributed by atoms with Gasteiger partial charge in [-0.25, -0.2) is 4.98 Å². The van der Waals surface area contributed by atoms with Crippen molar-refractivity contribution >= 4 is 17.5 Å². The molecular formula is C17H22N4O. The standard InChI is InChI=1S/C17H22N4O/c1-13-12-16(20-17(19-13)18-9-5-11-22-2)21-10-8-14-6-3-4-7-15(14)21/h3-4,6-7,12H,5,8-11H2,1-2H3,(H,18,19,20). The van der Waals surface area contributed by atoms with Gasteiger partial charge in [-0.2, -0.15) is 4.98 Å². The fourth-order valence-corrected chi connectivity index (χ4v) is 2.76. The maximum Gasteiger partial charge on any atom is 0.224 e. The SMILES string of the molecule is COCCCNc1nc(C)cc(N2CCc3ccccc32)n1. The number of aryl methyl sites for hydroxylation is 1. The molecule has 0 unspecified atom stereocenters. The van der Waals surface area contributed by atoms with Crippen LogP contribution in [0.15, 0.2) is 30.3 Å². The minimum Gasteiger partial charge on any atom is -0.385 e. The summed E-state index contributed by atoms with van der Waals surface area (Å²) in [5, 5.41) is 3.28. The zero-order valence-corrected chi connectivity index (χ0v) is 13.2. The van der Waals surface area contributed by atoms with Gasteiger partial charge in [0, 0.05) is 44.3 Å². The molecule has 0 bridgehead atoms. The minimum atomic E-state index is 0.690. The molecule has 0 amide bonds. The van der Waals surface area contributed by atoms with Gasteiger partial charge in [-0.1, -0.05) is 18.2 Å². The molecule has 5 heteroatoms. The number of anilines is 3. The number of methoxy groups -OCH3 is 1. The predicted molar refractivity (Wildman–Crippen MR) is 88.9 cm³/mol. The Morgan fingerprint density at radius 3 is 3.00 bits per heavy atom. The Bertz CT molecular complexity index is 644. The number of para-hydroxylation sites is 1. The van der Waals surface area contributed by atoms with Gasteiger partial charge in [0.15, 0.2) is 0 Å². The Hall–Kier alpha value is -2.14. The number of rotatable bonds is 6. The summed E-state index contributed by atoms with van der Waals surface area (Å²) in [4.78, 5) is 11.4. The molecule has 1 N–H and O–H groups in total. The van der Waals surface area contributed by atoms with Gasteiger partial charge in [-0.15, -0.1) is 0 Å². The number of fused-ring (bicyclic) bond motifs is 1. The van der Waals surface area contributed by atoms with Gasteiger partial charge in [0.05, 0.1) is 0 Å². The summed E-state index contributed by atoms with van der Waals surface area (Å²) in [5.74, 6) is 1.65. The number of hydrogen-bond acceptors (Lipinski definition) is 5. The quantitative estimate of drug-likeness (QED) is 0.831. The molecule has 2 heterocycles. The Labute approximate surface area is 131 Å². The van der Waals surface area contributed by atoms with Gasteiger partial charge in [-0.05, 0) is 31.4 Å². The third-order valence-corrected chi connectivity index (χ3v) is 3.81. The van der Waals surface area contributed by atoms with Gasteiger partial charge in [0.2, 0.25) is 5.95 Å². The van der Waals surface area contributed by atoms with Crippen molar-refractivity contribution in [1.82, 2.24) is 9.97 Å². The fraction of sp³-hybridized carbons (Fsp3) is 0.412. The molecule has 0 fully saturated rings. The van der Waals surface area contributed by atoms with Crippen molar-refractivity contribution in [2.45, 2.75) is 19.8 Å². The predicted octanol–water partition coefficient (Wildman–Crippen LogP) is 2.93. The highest BCUT2D eigenvalue weighted by atomic mass is 16.5. The van der Waals surface area contributed by atoms with E-state index in [9.17, 15) is 0 Å². The molecule has 0 radical (unpaired) electrons. The zero-order chi connectivity index (χ0) is 15.4. The smallest absolute Gasteiger partial charge is 0.224 e. The van der Waals surface area contributed by atoms with Crippen LogP contribution in [0.5, 0.6) is 0 Å². The maximum atomic E-state index is 5.06. The molecule has 0 saturated carbocycles. The zero-order valence-electron chi connectivity index (χ0n) is 13.2. The van der Waals surface area contributed by atoms with E-state index in [1.54, 1.807) is 7.11 Å². The van der Waals surface area contributed by atoms with Gasteiger partial charge in [-0.3, -0.25) is 0 Å². The van der Waals surface area contributed by atoms with Crippen LogP contribution in [-0.4, -0.2) is 36.8 Å². The van der Waals surface area contributed by atoms with E-state index in [4.69, 9.17) is 4.74 Å². The van der Waals surface area contributed by atoms with Gasteiger partial charge in [0.25, 0.3) is 0 Å². The molecule has 22 heavy (non-hydrogen) atoms. The van der Waals surface area contributed by atoms with Crippen molar-refractivity contribution in [3.63, 3.8) is 0 Å². The van der Waals surface area contributed by atoms with Gasteiger partial charge < -0.3 is 15.0 Å². The van der Waals surface area contributed by atoms with E-state index in [0.717, 1.165) is 44.0 Å². The average molecular weight is 298 g/mol. The van der Waals surface area contributed by atoms with Crippen molar-refractivity contribution in [2.24, 2.45) is 0 Å². The normalized spacial score (nSPS) is 13.3. The Kier molecular flexibility index (Phi) is 4.53. The third kappa shape index (κ3) is 3.20. The van der Waals surface area contributed by atoms with Crippen molar-refractivity contribution in [3.05, 3.63) is 41.6 Å². The summed E-state index contributed by atoms with van der Waals surface area (Å²) >= 11 is 0. The minimum absolute atomic E-state index is 0.690. The van der Waals surface area contributed by atoms with E-state index in [0.29, 0.717) is 5.95 Å². The first kappa shape index (κ1) is 14.8. The molecule has 1 aliphatic heterocycles. The van der Waals surface area contributed by atoms with Crippen LogP contribution < -0.4 is 10.2 Å². The van der Waals surface area contributed by atoms with Crippen LogP contribution in [0.3, 0.4) is 0 Å². The summed E-state index contributed by atoms with van der Waals surface area (Å²) in [7, 11) is 1.71. The van der Waals surface area contributed by atoms with E-state index in [-0.39, 0.29) is 0 Å². The van der Waals surface area contributed by atoms with E-state index in [1.807, 2.05) is 13.0 Å². The van der Waals surface area contributed by atoms with E-state index in [2.05, 4.69) is 44.5 Å². The topological polar surface area (TPSA) is 50.3 Å². The molecule has 0 spiro atoms. The van der Waals surface area contributed by atoms with E-state index >= 15 is 0 Å². The van der Waals surface area contributed by atoms with Crippen LogP contribution in [0.4, 0.5) is 17.5 Å². The molecule has 2 aromatic rings. The molecule has 1 aromatic carbocycles. The number of ether oxygens (including phenoxy) is 1. The van der Waals surface area contributed by atoms with Crippen molar-refractivity contribution in [3.8, 4) is 0 Å². The van der Waals surface area contributed by atoms with Crippen LogP contribution in [0, 0.1) is 6.92 Å². The molecule has 0 aliphatic carbocycles. The number of aromatic nitrogens is 2. The molecule has 3 rings (SSSR count). The lowest BCUT2D eigenvalue weighted by Gasteiger charge is -2.19. The highest BCUT2D eigenvalue weighted by Gasteiger charge is 2.21. The first-order valence-electron chi connectivity index (χ1n) is 7.72. The van der Waals surface area contributed by atoms with Crippen molar-refractivity contribution in [1.29, 1.82) is 0 Å².